The van der Waals surface area contributed by atoms with Crippen molar-refractivity contribution in [1.29, 1.82) is 0 Å². The van der Waals surface area contributed by atoms with Crippen LogP contribution in [0, 0.1) is 0 Å². The average Bonchev–Trinajstić information content (AvgIpc) is 2.48. The van der Waals surface area contributed by atoms with Crippen LogP contribution in [-0.2, 0) is 9.59 Å². The van der Waals surface area contributed by atoms with Crippen molar-refractivity contribution in [2.24, 2.45) is 5.73 Å². The van der Waals surface area contributed by atoms with Crippen molar-refractivity contribution in [3.63, 3.8) is 0 Å². The first-order chi connectivity index (χ1) is 6.94. The number of hydrogen-bond acceptors (Lipinski definition) is 4. The number of carbonyl (C=O) groups excluding carboxylic acids is 1. The SMILES string of the molecule is CC(=O)NCCN1CCC(N)(C(=O)O)C1. The molecule has 1 atom stereocenters. The summed E-state index contributed by atoms with van der Waals surface area (Å²) in [4.78, 5) is 23.4. The van der Waals surface area contributed by atoms with E-state index in [4.69, 9.17) is 10.8 Å². The molecule has 0 saturated carbocycles. The van der Waals surface area contributed by atoms with Crippen LogP contribution in [0.5, 0.6) is 0 Å². The zero-order valence-electron chi connectivity index (χ0n) is 8.82. The molecule has 1 unspecified atom stereocenters. The molecule has 6 nitrogen and oxygen atoms in total. The summed E-state index contributed by atoms with van der Waals surface area (Å²) in [5.74, 6) is -1.03. The van der Waals surface area contributed by atoms with Crippen LogP contribution in [-0.4, -0.2) is 53.6 Å². The van der Waals surface area contributed by atoms with Gasteiger partial charge in [0.2, 0.25) is 5.91 Å². The Hall–Kier alpha value is -1.14. The highest BCUT2D eigenvalue weighted by molar-refractivity contribution is 5.79. The number of carbonyl (C=O) groups is 2. The molecule has 1 fully saturated rings. The molecule has 1 rings (SSSR count). The van der Waals surface area contributed by atoms with E-state index >= 15 is 0 Å². The van der Waals surface area contributed by atoms with Crippen molar-refractivity contribution in [3.8, 4) is 0 Å². The molecule has 1 heterocycles. The van der Waals surface area contributed by atoms with Gasteiger partial charge in [0.15, 0.2) is 0 Å². The molecule has 0 spiro atoms. The third-order valence-corrected chi connectivity index (χ3v) is 2.61. The highest BCUT2D eigenvalue weighted by Gasteiger charge is 2.40. The number of likely N-dealkylation sites (tertiary alicyclic amines) is 1. The van der Waals surface area contributed by atoms with Gasteiger partial charge in [-0.1, -0.05) is 0 Å². The second-order valence-corrected chi connectivity index (χ2v) is 3.97. The number of carboxylic acids is 1. The Morgan fingerprint density at radius 3 is 2.73 bits per heavy atom. The van der Waals surface area contributed by atoms with Crippen LogP contribution in [0.25, 0.3) is 0 Å². The van der Waals surface area contributed by atoms with E-state index in [1.54, 1.807) is 0 Å². The van der Waals surface area contributed by atoms with E-state index in [0.29, 0.717) is 32.6 Å². The molecule has 1 aliphatic rings. The number of nitrogens with two attached hydrogens (primary N) is 1. The minimum absolute atomic E-state index is 0.0774. The van der Waals surface area contributed by atoms with Crippen LogP contribution in [0.4, 0.5) is 0 Å². The molecule has 86 valence electrons. The summed E-state index contributed by atoms with van der Waals surface area (Å²) >= 11 is 0. The van der Waals surface area contributed by atoms with Gasteiger partial charge in [-0.25, -0.2) is 0 Å². The summed E-state index contributed by atoms with van der Waals surface area (Å²) in [6.45, 7) is 3.65. The largest absolute Gasteiger partial charge is 0.480 e. The topological polar surface area (TPSA) is 95.7 Å². The predicted octanol–water partition coefficient (Wildman–Crippen LogP) is -1.39. The van der Waals surface area contributed by atoms with Gasteiger partial charge in [0.25, 0.3) is 0 Å². The smallest absolute Gasteiger partial charge is 0.325 e. The molecule has 1 saturated heterocycles. The molecule has 0 bridgehead atoms. The van der Waals surface area contributed by atoms with Gasteiger partial charge in [0.05, 0.1) is 0 Å². The average molecular weight is 215 g/mol. The zero-order chi connectivity index (χ0) is 11.5. The number of nitrogens with zero attached hydrogens (tertiary/aromatic N) is 1. The lowest BCUT2D eigenvalue weighted by molar-refractivity contribution is -0.142. The van der Waals surface area contributed by atoms with E-state index in [1.807, 2.05) is 4.90 Å². The van der Waals surface area contributed by atoms with Gasteiger partial charge in [-0.3, -0.25) is 14.5 Å². The van der Waals surface area contributed by atoms with Gasteiger partial charge in [-0.05, 0) is 6.42 Å². The lowest BCUT2D eigenvalue weighted by atomic mass is 10.0. The van der Waals surface area contributed by atoms with Crippen molar-refractivity contribution in [2.45, 2.75) is 18.9 Å². The monoisotopic (exact) mass is 215 g/mol. The number of aliphatic carboxylic acids is 1. The van der Waals surface area contributed by atoms with Gasteiger partial charge in [-0.15, -0.1) is 0 Å². The van der Waals surface area contributed by atoms with Crippen LogP contribution in [0.1, 0.15) is 13.3 Å². The molecule has 1 aliphatic heterocycles. The number of amides is 1. The normalized spacial score (nSPS) is 26.5. The van der Waals surface area contributed by atoms with Gasteiger partial charge in [0, 0.05) is 33.1 Å². The Kier molecular flexibility index (Phi) is 3.65. The van der Waals surface area contributed by atoms with Crippen LogP contribution in [0.2, 0.25) is 0 Å². The van der Waals surface area contributed by atoms with Crippen molar-refractivity contribution in [3.05, 3.63) is 0 Å². The van der Waals surface area contributed by atoms with Crippen LogP contribution >= 0.6 is 0 Å². The van der Waals surface area contributed by atoms with Crippen molar-refractivity contribution in [1.82, 2.24) is 10.2 Å². The zero-order valence-corrected chi connectivity index (χ0v) is 8.82. The molecular formula is C9H17N3O3. The quantitative estimate of drug-likeness (QED) is 0.536. The first-order valence-corrected chi connectivity index (χ1v) is 4.93. The fraction of sp³-hybridized carbons (Fsp3) is 0.778. The Bertz CT molecular complexity index is 269. The van der Waals surface area contributed by atoms with E-state index in [2.05, 4.69) is 5.32 Å². The molecule has 0 radical (unpaired) electrons. The summed E-state index contributed by atoms with van der Waals surface area (Å²) in [5, 5.41) is 11.5. The lowest BCUT2D eigenvalue weighted by Gasteiger charge is -2.19. The van der Waals surface area contributed by atoms with Crippen molar-refractivity contribution in [2.75, 3.05) is 26.2 Å². The number of nitrogens with one attached hydrogen (secondary N) is 1. The van der Waals surface area contributed by atoms with Gasteiger partial charge in [0.1, 0.15) is 5.54 Å². The standard InChI is InChI=1S/C9H17N3O3/c1-7(13)11-3-5-12-4-2-9(10,6-12)8(14)15/h2-6,10H2,1H3,(H,11,13)(H,14,15). The Labute approximate surface area is 88.4 Å². The third-order valence-electron chi connectivity index (χ3n) is 2.61. The summed E-state index contributed by atoms with van der Waals surface area (Å²) in [6.07, 6.45) is 0.461. The lowest BCUT2D eigenvalue weighted by Crippen LogP contribution is -2.50. The highest BCUT2D eigenvalue weighted by atomic mass is 16.4. The molecule has 15 heavy (non-hydrogen) atoms. The number of rotatable bonds is 4. The second kappa shape index (κ2) is 4.59. The van der Waals surface area contributed by atoms with Gasteiger partial charge in [-0.2, -0.15) is 0 Å². The van der Waals surface area contributed by atoms with E-state index < -0.39 is 11.5 Å². The molecule has 0 aliphatic carbocycles. The van der Waals surface area contributed by atoms with Crippen LogP contribution in [0.15, 0.2) is 0 Å². The predicted molar refractivity (Wildman–Crippen MR) is 54.3 cm³/mol. The molecule has 0 aromatic carbocycles. The first-order valence-electron chi connectivity index (χ1n) is 4.93. The summed E-state index contributed by atoms with van der Waals surface area (Å²) in [6, 6.07) is 0. The molecule has 0 aromatic heterocycles. The summed E-state index contributed by atoms with van der Waals surface area (Å²) in [5.41, 5.74) is 4.58. The van der Waals surface area contributed by atoms with E-state index in [1.165, 1.54) is 6.92 Å². The maximum Gasteiger partial charge on any atom is 0.325 e. The third kappa shape index (κ3) is 3.17. The van der Waals surface area contributed by atoms with Gasteiger partial charge >= 0.3 is 5.97 Å². The number of carboxylic acid groups (broad SMARTS) is 1. The maximum absolute atomic E-state index is 10.8. The minimum atomic E-state index is -1.11. The molecular weight excluding hydrogens is 198 g/mol. The van der Waals surface area contributed by atoms with E-state index in [9.17, 15) is 9.59 Å². The van der Waals surface area contributed by atoms with Gasteiger partial charge < -0.3 is 16.2 Å². The Morgan fingerprint density at radius 1 is 1.60 bits per heavy atom. The van der Waals surface area contributed by atoms with E-state index in [0.717, 1.165) is 0 Å². The highest BCUT2D eigenvalue weighted by Crippen LogP contribution is 2.18. The maximum atomic E-state index is 10.8. The minimum Gasteiger partial charge on any atom is -0.480 e. The fourth-order valence-electron chi connectivity index (χ4n) is 1.67. The van der Waals surface area contributed by atoms with E-state index in [-0.39, 0.29) is 5.91 Å². The molecule has 4 N–H and O–H groups in total. The molecule has 6 heteroatoms. The summed E-state index contributed by atoms with van der Waals surface area (Å²) in [7, 11) is 0. The fourth-order valence-corrected chi connectivity index (χ4v) is 1.67. The second-order valence-electron chi connectivity index (χ2n) is 3.97. The van der Waals surface area contributed by atoms with Crippen LogP contribution < -0.4 is 11.1 Å². The van der Waals surface area contributed by atoms with Crippen molar-refractivity contribution >= 4 is 11.9 Å². The van der Waals surface area contributed by atoms with Crippen molar-refractivity contribution < 1.29 is 14.7 Å². The summed E-state index contributed by atoms with van der Waals surface area (Å²) < 4.78 is 0. The Balaban J connectivity index is 2.30. The molecule has 1 amide bonds. The molecule has 0 aromatic rings. The number of hydrogen-bond donors (Lipinski definition) is 3. The Morgan fingerprint density at radius 2 is 2.27 bits per heavy atom. The van der Waals surface area contributed by atoms with Crippen LogP contribution in [0.3, 0.4) is 0 Å². The first kappa shape index (κ1) is 11.9.